The van der Waals surface area contributed by atoms with Crippen molar-refractivity contribution in [3.05, 3.63) is 127 Å². The zero-order valence-corrected chi connectivity index (χ0v) is 28.6. The predicted molar refractivity (Wildman–Crippen MR) is 188 cm³/mol. The van der Waals surface area contributed by atoms with E-state index in [0.29, 0.717) is 27.2 Å². The van der Waals surface area contributed by atoms with Gasteiger partial charge in [-0.25, -0.2) is 14.5 Å². The molecule has 6 rings (SSSR count). The molecule has 5 aromatic rings. The minimum absolute atomic E-state index is 0.168. The predicted octanol–water partition coefficient (Wildman–Crippen LogP) is 6.41. The molecule has 1 unspecified atom stereocenters. The number of esters is 1. The van der Waals surface area contributed by atoms with Crippen LogP contribution in [0.3, 0.4) is 0 Å². The third-order valence-corrected chi connectivity index (χ3v) is 9.44. The molecule has 3 heterocycles. The van der Waals surface area contributed by atoms with Gasteiger partial charge in [0.25, 0.3) is 5.56 Å². The third kappa shape index (κ3) is 6.75. The molecule has 0 bridgehead atoms. The molecule has 1 aliphatic rings. The van der Waals surface area contributed by atoms with E-state index in [1.54, 1.807) is 23.3 Å². The van der Waals surface area contributed by atoms with Gasteiger partial charge in [-0.1, -0.05) is 55.5 Å². The van der Waals surface area contributed by atoms with E-state index in [1.165, 1.54) is 11.3 Å². The number of benzene rings is 3. The first kappa shape index (κ1) is 32.3. The number of aromatic nitrogens is 3. The molecule has 240 valence electrons. The summed E-state index contributed by atoms with van der Waals surface area (Å²) in [5.74, 6) is 0.481. The van der Waals surface area contributed by atoms with Crippen molar-refractivity contribution in [2.75, 3.05) is 19.5 Å². The molecule has 0 fully saturated rings. The Bertz CT molecular complexity index is 2110. The molecule has 8 nitrogen and oxygen atoms in total. The van der Waals surface area contributed by atoms with Gasteiger partial charge in [0, 0.05) is 22.2 Å². The van der Waals surface area contributed by atoms with E-state index in [1.807, 2.05) is 123 Å². The van der Waals surface area contributed by atoms with E-state index >= 15 is 0 Å². The van der Waals surface area contributed by atoms with Crippen molar-refractivity contribution in [1.29, 1.82) is 0 Å². The van der Waals surface area contributed by atoms with Crippen LogP contribution in [0.2, 0.25) is 0 Å². The number of hydrogen-bond acceptors (Lipinski definition) is 8. The van der Waals surface area contributed by atoms with Crippen molar-refractivity contribution in [3.63, 3.8) is 0 Å². The topological polar surface area (TPSA) is 87.7 Å². The summed E-state index contributed by atoms with van der Waals surface area (Å²) in [7, 11) is 0. The van der Waals surface area contributed by atoms with Crippen molar-refractivity contribution in [1.82, 2.24) is 14.3 Å². The zero-order valence-electron chi connectivity index (χ0n) is 27.0. The van der Waals surface area contributed by atoms with Crippen molar-refractivity contribution in [2.45, 2.75) is 38.6 Å². The second-order valence-corrected chi connectivity index (χ2v) is 13.4. The van der Waals surface area contributed by atoms with E-state index in [4.69, 9.17) is 19.6 Å². The van der Waals surface area contributed by atoms with Gasteiger partial charge in [-0.2, -0.15) is 5.10 Å². The first-order chi connectivity index (χ1) is 22.8. The third-order valence-electron chi connectivity index (χ3n) is 7.71. The highest BCUT2D eigenvalue weighted by Gasteiger charge is 2.33. The molecule has 0 amide bonds. The molecule has 0 N–H and O–H groups in total. The molecule has 1 atom stereocenters. The quantitative estimate of drug-likeness (QED) is 0.127. The Labute approximate surface area is 281 Å². The van der Waals surface area contributed by atoms with E-state index in [2.05, 4.69) is 0 Å². The number of fused-ring (bicyclic) bond motifs is 1. The Morgan fingerprint density at radius 1 is 1.04 bits per heavy atom. The number of carbonyl (C=O) groups is 1. The van der Waals surface area contributed by atoms with Gasteiger partial charge >= 0.3 is 5.97 Å². The standard InChI is InChI=1S/C37H36N4O4S2/c1-6-44-29-16-12-25(13-17-29)33-27(21-40(39-33)28-10-8-7-9-11-28)20-31-35(42)41-34(26-14-18-30(46-5)19-15-26)32(24(4)38-37(41)47-31)36(43)45-22-23(2)3/h7-21,23,34H,6,22H2,1-5H3. The van der Waals surface area contributed by atoms with E-state index in [-0.39, 0.29) is 18.1 Å². The van der Waals surface area contributed by atoms with Crippen LogP contribution in [-0.4, -0.2) is 39.8 Å². The summed E-state index contributed by atoms with van der Waals surface area (Å²) in [5, 5.41) is 4.94. The van der Waals surface area contributed by atoms with Gasteiger partial charge in [-0.15, -0.1) is 11.8 Å². The molecule has 0 spiro atoms. The first-order valence-corrected chi connectivity index (χ1v) is 17.5. The molecular formula is C37H36N4O4S2. The monoisotopic (exact) mass is 664 g/mol. The normalized spacial score (nSPS) is 14.7. The van der Waals surface area contributed by atoms with Crippen LogP contribution in [-0.2, 0) is 9.53 Å². The van der Waals surface area contributed by atoms with Crippen LogP contribution in [0.5, 0.6) is 5.75 Å². The van der Waals surface area contributed by atoms with Crippen molar-refractivity contribution in [2.24, 2.45) is 10.9 Å². The molecule has 0 radical (unpaired) electrons. The number of ether oxygens (including phenoxy) is 2. The lowest BCUT2D eigenvalue weighted by atomic mass is 9.96. The average molecular weight is 665 g/mol. The molecule has 1 aliphatic heterocycles. The highest BCUT2D eigenvalue weighted by atomic mass is 32.2. The number of nitrogens with zero attached hydrogens (tertiary/aromatic N) is 4. The molecule has 3 aromatic carbocycles. The number of thiazole rings is 1. The highest BCUT2D eigenvalue weighted by Crippen LogP contribution is 2.32. The minimum Gasteiger partial charge on any atom is -0.494 e. The summed E-state index contributed by atoms with van der Waals surface area (Å²) >= 11 is 2.93. The van der Waals surface area contributed by atoms with Crippen molar-refractivity contribution < 1.29 is 14.3 Å². The Balaban J connectivity index is 1.51. The Morgan fingerprint density at radius 3 is 2.43 bits per heavy atom. The zero-order chi connectivity index (χ0) is 33.1. The lowest BCUT2D eigenvalue weighted by molar-refractivity contribution is -0.140. The Morgan fingerprint density at radius 2 is 1.77 bits per heavy atom. The largest absolute Gasteiger partial charge is 0.494 e. The first-order valence-electron chi connectivity index (χ1n) is 15.5. The fraction of sp³-hybridized carbons (Fsp3) is 0.243. The summed E-state index contributed by atoms with van der Waals surface area (Å²) in [4.78, 5) is 34.3. The molecule has 47 heavy (non-hydrogen) atoms. The van der Waals surface area contributed by atoms with Gasteiger partial charge in [0.05, 0.1) is 40.7 Å². The summed E-state index contributed by atoms with van der Waals surface area (Å²) in [6.07, 6.45) is 5.81. The number of thioether (sulfide) groups is 1. The van der Waals surface area contributed by atoms with Gasteiger partial charge in [0.15, 0.2) is 4.80 Å². The van der Waals surface area contributed by atoms with E-state index in [0.717, 1.165) is 38.7 Å². The molecule has 2 aromatic heterocycles. The maximum Gasteiger partial charge on any atom is 0.338 e. The van der Waals surface area contributed by atoms with Crippen LogP contribution in [0.1, 0.15) is 44.9 Å². The van der Waals surface area contributed by atoms with Crippen LogP contribution < -0.4 is 19.6 Å². The molecule has 0 aliphatic carbocycles. The number of allylic oxidation sites excluding steroid dienone is 1. The summed E-state index contributed by atoms with van der Waals surface area (Å²) in [5.41, 5.74) is 4.77. The van der Waals surface area contributed by atoms with Gasteiger partial charge in [0.1, 0.15) is 11.4 Å². The Kier molecular flexibility index (Phi) is 9.60. The molecule has 0 saturated heterocycles. The van der Waals surface area contributed by atoms with Crippen LogP contribution >= 0.6 is 23.1 Å². The van der Waals surface area contributed by atoms with Crippen LogP contribution in [0.4, 0.5) is 0 Å². The summed E-state index contributed by atoms with van der Waals surface area (Å²) in [6, 6.07) is 24.9. The number of rotatable bonds is 10. The molecule has 0 saturated carbocycles. The highest BCUT2D eigenvalue weighted by molar-refractivity contribution is 7.98. The van der Waals surface area contributed by atoms with Gasteiger partial charge < -0.3 is 9.47 Å². The van der Waals surface area contributed by atoms with Crippen molar-refractivity contribution >= 4 is 35.1 Å². The fourth-order valence-electron chi connectivity index (χ4n) is 5.45. The van der Waals surface area contributed by atoms with E-state index in [9.17, 15) is 9.59 Å². The van der Waals surface area contributed by atoms with E-state index < -0.39 is 12.0 Å². The molecule has 10 heteroatoms. The smallest absolute Gasteiger partial charge is 0.338 e. The number of hydrogen-bond donors (Lipinski definition) is 0. The van der Waals surface area contributed by atoms with Crippen LogP contribution in [0.15, 0.2) is 111 Å². The maximum atomic E-state index is 14.4. The fourth-order valence-corrected chi connectivity index (χ4v) is 6.90. The number of para-hydroxylation sites is 1. The number of carbonyl (C=O) groups excluding carboxylic acids is 1. The Hall–Kier alpha value is -4.67. The average Bonchev–Trinajstić information content (AvgIpc) is 3.64. The maximum absolute atomic E-state index is 14.4. The minimum atomic E-state index is -0.679. The SMILES string of the molecule is CCOc1ccc(-c2nn(-c3ccccc3)cc2C=c2sc3n(c2=O)C(c2ccc(SC)cc2)C(C(=O)OCC(C)C)=C(C)N=3)cc1. The van der Waals surface area contributed by atoms with Crippen LogP contribution in [0.25, 0.3) is 23.0 Å². The summed E-state index contributed by atoms with van der Waals surface area (Å²) in [6.45, 7) is 8.59. The van der Waals surface area contributed by atoms with Crippen LogP contribution in [0, 0.1) is 5.92 Å². The van der Waals surface area contributed by atoms with Gasteiger partial charge in [-0.3, -0.25) is 9.36 Å². The van der Waals surface area contributed by atoms with Crippen molar-refractivity contribution in [3.8, 4) is 22.7 Å². The second kappa shape index (κ2) is 14.0. The lowest BCUT2D eigenvalue weighted by Gasteiger charge is -2.25. The van der Waals surface area contributed by atoms with Gasteiger partial charge in [-0.05, 0) is 86.2 Å². The second-order valence-electron chi connectivity index (χ2n) is 11.5. The molecular weight excluding hydrogens is 629 g/mol. The summed E-state index contributed by atoms with van der Waals surface area (Å²) < 4.78 is 15.3. The van der Waals surface area contributed by atoms with Gasteiger partial charge in [0.2, 0.25) is 0 Å². The lowest BCUT2D eigenvalue weighted by Crippen LogP contribution is -2.40.